The molecule has 0 bridgehead atoms. The molecule has 2 fully saturated rings. The van der Waals surface area contributed by atoms with Gasteiger partial charge in [0.25, 0.3) is 0 Å². The molecule has 2 N–H and O–H groups in total. The molecule has 1 aromatic rings. The van der Waals surface area contributed by atoms with Crippen LogP contribution in [0.4, 0.5) is 0 Å². The molecule has 0 radical (unpaired) electrons. The topological polar surface area (TPSA) is 62.0 Å². The maximum Gasteiger partial charge on any atom is 0.191 e. The normalized spacial score (nSPS) is 18.9. The van der Waals surface area contributed by atoms with E-state index in [1.54, 1.807) is 6.26 Å². The maximum atomic E-state index is 5.41. The molecule has 1 aliphatic heterocycles. The molecule has 1 aliphatic carbocycles. The smallest absolute Gasteiger partial charge is 0.191 e. The van der Waals surface area contributed by atoms with Gasteiger partial charge in [-0.3, -0.25) is 4.99 Å². The first kappa shape index (κ1) is 22.5. The highest BCUT2D eigenvalue weighted by Crippen LogP contribution is 2.29. The lowest BCUT2D eigenvalue weighted by atomic mass is 10.1. The Kier molecular flexibility index (Phi) is 10.5. The summed E-state index contributed by atoms with van der Waals surface area (Å²) in [6, 6.07) is 5.35. The van der Waals surface area contributed by atoms with Crippen molar-refractivity contribution < 1.29 is 9.15 Å². The third-order valence-corrected chi connectivity index (χ3v) is 5.10. The number of hydrogen-bond donors (Lipinski definition) is 2. The number of nitrogens with one attached hydrogen (secondary N) is 2. The summed E-state index contributed by atoms with van der Waals surface area (Å²) in [6.07, 6.45) is 8.76. The molecule has 7 heteroatoms. The molecule has 0 atom stereocenters. The number of rotatable bonds is 10. The Bertz CT molecular complexity index is 526. The predicted molar refractivity (Wildman–Crippen MR) is 120 cm³/mol. The average Bonchev–Trinajstić information content (AvgIpc) is 3.38. The molecule has 0 aromatic carbocycles. The lowest BCUT2D eigenvalue weighted by Gasteiger charge is -2.33. The Morgan fingerprint density at radius 2 is 2.11 bits per heavy atom. The molecule has 0 spiro atoms. The molecule has 6 nitrogen and oxygen atoms in total. The van der Waals surface area contributed by atoms with Crippen molar-refractivity contribution in [1.29, 1.82) is 0 Å². The van der Waals surface area contributed by atoms with Crippen LogP contribution >= 0.6 is 24.0 Å². The summed E-state index contributed by atoms with van der Waals surface area (Å²) in [5, 5.41) is 7.11. The fraction of sp³-hybridized carbons (Fsp3) is 0.750. The standard InChI is InChI=1S/C20H34N4O2.HI/c1-2-25-15-4-11-21-20(22-12-8-19-5-3-16-26-19)23-17-9-13-24(14-10-17)18-6-7-18;/h3,5,16-18H,2,4,6-15H2,1H3,(H2,21,22,23);1H. The van der Waals surface area contributed by atoms with E-state index in [1.807, 2.05) is 19.1 Å². The second-order valence-electron chi connectivity index (χ2n) is 7.22. The van der Waals surface area contributed by atoms with Gasteiger partial charge < -0.3 is 24.7 Å². The van der Waals surface area contributed by atoms with Crippen molar-refractivity contribution in [2.75, 3.05) is 39.4 Å². The van der Waals surface area contributed by atoms with E-state index >= 15 is 0 Å². The third kappa shape index (κ3) is 8.39. The van der Waals surface area contributed by atoms with Gasteiger partial charge in [-0.15, -0.1) is 24.0 Å². The highest BCUT2D eigenvalue weighted by atomic mass is 127. The van der Waals surface area contributed by atoms with Gasteiger partial charge in [0.1, 0.15) is 5.76 Å². The fourth-order valence-corrected chi connectivity index (χ4v) is 3.46. The maximum absolute atomic E-state index is 5.41. The van der Waals surface area contributed by atoms with Crippen molar-refractivity contribution in [2.45, 2.75) is 57.5 Å². The first-order valence-corrected chi connectivity index (χ1v) is 10.2. The van der Waals surface area contributed by atoms with Gasteiger partial charge in [-0.1, -0.05) is 0 Å². The minimum atomic E-state index is 0. The van der Waals surface area contributed by atoms with Crippen LogP contribution in [0.2, 0.25) is 0 Å². The molecule has 0 amide bonds. The minimum Gasteiger partial charge on any atom is -0.469 e. The average molecular weight is 490 g/mol. The molecule has 27 heavy (non-hydrogen) atoms. The molecule has 2 aliphatic rings. The molecule has 3 rings (SSSR count). The predicted octanol–water partition coefficient (Wildman–Crippen LogP) is 3.03. The molecule has 154 valence electrons. The second-order valence-corrected chi connectivity index (χ2v) is 7.22. The molecule has 1 aromatic heterocycles. The number of halogens is 1. The van der Waals surface area contributed by atoms with Crippen molar-refractivity contribution in [3.8, 4) is 0 Å². The van der Waals surface area contributed by atoms with Gasteiger partial charge >= 0.3 is 0 Å². The summed E-state index contributed by atoms with van der Waals surface area (Å²) in [6.45, 7) is 7.62. The van der Waals surface area contributed by atoms with E-state index in [1.165, 1.54) is 38.8 Å². The molecule has 1 saturated carbocycles. The summed E-state index contributed by atoms with van der Waals surface area (Å²) in [5.74, 6) is 1.93. The summed E-state index contributed by atoms with van der Waals surface area (Å²) < 4.78 is 10.8. The van der Waals surface area contributed by atoms with Crippen LogP contribution < -0.4 is 10.6 Å². The first-order valence-electron chi connectivity index (χ1n) is 10.2. The van der Waals surface area contributed by atoms with E-state index in [0.717, 1.165) is 56.9 Å². The Balaban J connectivity index is 0.00000261. The minimum absolute atomic E-state index is 0. The lowest BCUT2D eigenvalue weighted by Crippen LogP contribution is -2.49. The summed E-state index contributed by atoms with van der Waals surface area (Å²) in [7, 11) is 0. The number of guanidine groups is 1. The summed E-state index contributed by atoms with van der Waals surface area (Å²) in [5.41, 5.74) is 0. The van der Waals surface area contributed by atoms with E-state index in [9.17, 15) is 0 Å². The lowest BCUT2D eigenvalue weighted by molar-refractivity contribution is 0.146. The van der Waals surface area contributed by atoms with Crippen molar-refractivity contribution in [1.82, 2.24) is 15.5 Å². The second kappa shape index (κ2) is 12.6. The number of furan rings is 1. The Hall–Kier alpha value is -0.800. The molecular weight excluding hydrogens is 455 g/mol. The van der Waals surface area contributed by atoms with Crippen LogP contribution in [0.1, 0.15) is 44.8 Å². The van der Waals surface area contributed by atoms with Gasteiger partial charge in [0, 0.05) is 57.9 Å². The van der Waals surface area contributed by atoms with Crippen LogP contribution in [0.3, 0.4) is 0 Å². The third-order valence-electron chi connectivity index (χ3n) is 5.10. The Labute approximate surface area is 180 Å². The quantitative estimate of drug-likeness (QED) is 0.229. The van der Waals surface area contributed by atoms with Crippen LogP contribution in [0.15, 0.2) is 27.8 Å². The van der Waals surface area contributed by atoms with Gasteiger partial charge in [0.05, 0.1) is 6.26 Å². The van der Waals surface area contributed by atoms with E-state index in [2.05, 4.69) is 15.5 Å². The van der Waals surface area contributed by atoms with Gasteiger partial charge in [-0.25, -0.2) is 0 Å². The number of nitrogens with zero attached hydrogens (tertiary/aromatic N) is 2. The Morgan fingerprint density at radius 3 is 2.78 bits per heavy atom. The monoisotopic (exact) mass is 490 g/mol. The van der Waals surface area contributed by atoms with Crippen molar-refractivity contribution in [2.24, 2.45) is 4.99 Å². The molecular formula is C20H35IN4O2. The fourth-order valence-electron chi connectivity index (χ4n) is 3.46. The zero-order valence-electron chi connectivity index (χ0n) is 16.5. The first-order chi connectivity index (χ1) is 12.8. The van der Waals surface area contributed by atoms with Crippen LogP contribution in [0.5, 0.6) is 0 Å². The SMILES string of the molecule is CCOCCCN=C(NCCc1ccco1)NC1CCN(C2CC2)CC1.I. The Morgan fingerprint density at radius 1 is 1.30 bits per heavy atom. The zero-order chi connectivity index (χ0) is 18.0. The highest BCUT2D eigenvalue weighted by molar-refractivity contribution is 14.0. The van der Waals surface area contributed by atoms with Gasteiger partial charge in [-0.2, -0.15) is 0 Å². The molecule has 2 heterocycles. The number of aliphatic imine (C=N–C) groups is 1. The van der Waals surface area contributed by atoms with Crippen LogP contribution in [0.25, 0.3) is 0 Å². The largest absolute Gasteiger partial charge is 0.469 e. The van der Waals surface area contributed by atoms with E-state index < -0.39 is 0 Å². The summed E-state index contributed by atoms with van der Waals surface area (Å²) >= 11 is 0. The number of piperidine rings is 1. The van der Waals surface area contributed by atoms with Crippen molar-refractivity contribution in [3.63, 3.8) is 0 Å². The van der Waals surface area contributed by atoms with Gasteiger partial charge in [0.2, 0.25) is 0 Å². The van der Waals surface area contributed by atoms with Gasteiger partial charge in [0.15, 0.2) is 5.96 Å². The van der Waals surface area contributed by atoms with E-state index in [4.69, 9.17) is 14.1 Å². The van der Waals surface area contributed by atoms with Crippen LogP contribution in [-0.4, -0.2) is 62.3 Å². The van der Waals surface area contributed by atoms with Crippen LogP contribution in [-0.2, 0) is 11.2 Å². The zero-order valence-corrected chi connectivity index (χ0v) is 18.8. The highest BCUT2D eigenvalue weighted by Gasteiger charge is 2.31. The van der Waals surface area contributed by atoms with E-state index in [-0.39, 0.29) is 24.0 Å². The van der Waals surface area contributed by atoms with E-state index in [0.29, 0.717) is 6.04 Å². The molecule has 1 saturated heterocycles. The van der Waals surface area contributed by atoms with Crippen molar-refractivity contribution in [3.05, 3.63) is 24.2 Å². The van der Waals surface area contributed by atoms with Crippen molar-refractivity contribution >= 4 is 29.9 Å². The summed E-state index contributed by atoms with van der Waals surface area (Å²) in [4.78, 5) is 7.40. The van der Waals surface area contributed by atoms with Gasteiger partial charge in [-0.05, 0) is 51.2 Å². The number of ether oxygens (including phenoxy) is 1. The molecule has 0 unspecified atom stereocenters. The van der Waals surface area contributed by atoms with Crippen LogP contribution in [0, 0.1) is 0 Å². The number of likely N-dealkylation sites (tertiary alicyclic amines) is 1. The number of hydrogen-bond acceptors (Lipinski definition) is 4.